The van der Waals surface area contributed by atoms with Crippen LogP contribution in [-0.4, -0.2) is 8.07 Å². The highest BCUT2D eigenvalue weighted by Gasteiger charge is 2.06. The van der Waals surface area contributed by atoms with Crippen LogP contribution < -0.4 is 0 Å². The van der Waals surface area contributed by atoms with Crippen molar-refractivity contribution in [2.45, 2.75) is 32.5 Å². The molecule has 0 radical (unpaired) electrons. The van der Waals surface area contributed by atoms with Gasteiger partial charge in [0.1, 0.15) is 8.07 Å². The number of halogens is 1. The zero-order valence-corrected chi connectivity index (χ0v) is 12.8. The molecule has 0 unspecified atom stereocenters. The summed E-state index contributed by atoms with van der Waals surface area (Å²) >= 11 is 2.39. The van der Waals surface area contributed by atoms with Crippen LogP contribution in [0.3, 0.4) is 0 Å². The van der Waals surface area contributed by atoms with Gasteiger partial charge in [0.2, 0.25) is 0 Å². The second kappa shape index (κ2) is 5.71. The summed E-state index contributed by atoms with van der Waals surface area (Å²) in [6, 6.07) is 8.53. The lowest BCUT2D eigenvalue weighted by atomic mass is 10.1. The van der Waals surface area contributed by atoms with Gasteiger partial charge in [0.25, 0.3) is 0 Å². The topological polar surface area (TPSA) is 0 Å². The normalized spacial score (nSPS) is 10.7. The molecule has 0 aliphatic carbocycles. The van der Waals surface area contributed by atoms with E-state index in [1.807, 2.05) is 0 Å². The fraction of sp³-hybridized carbons (Fsp3) is 0.385. The maximum atomic E-state index is 3.40. The van der Waals surface area contributed by atoms with E-state index in [1.165, 1.54) is 9.13 Å². The Bertz CT molecular complexity index is 380. The lowest BCUT2D eigenvalue weighted by molar-refractivity contribution is 1.02. The molecule has 0 aromatic heterocycles. The Kier molecular flexibility index (Phi) is 4.87. The molecule has 1 aromatic carbocycles. The Morgan fingerprint density at radius 3 is 2.47 bits per heavy atom. The van der Waals surface area contributed by atoms with E-state index in [0.29, 0.717) is 0 Å². The molecule has 0 bridgehead atoms. The molecule has 0 fully saturated rings. The zero-order chi connectivity index (χ0) is 11.3. The van der Waals surface area contributed by atoms with Gasteiger partial charge in [-0.1, -0.05) is 37.8 Å². The molecule has 0 saturated carbocycles. The second-order valence-corrected chi connectivity index (χ2v) is 10.6. The highest BCUT2D eigenvalue weighted by atomic mass is 127. The first-order valence-corrected chi connectivity index (χ1v) is 9.80. The monoisotopic (exact) mass is 328 g/mol. The third-order valence-corrected chi connectivity index (χ3v) is 3.92. The van der Waals surface area contributed by atoms with Gasteiger partial charge in [-0.25, -0.2) is 0 Å². The number of rotatable bonds is 2. The summed E-state index contributed by atoms with van der Waals surface area (Å²) in [6.07, 6.45) is 2.07. The van der Waals surface area contributed by atoms with Crippen LogP contribution in [0.2, 0.25) is 19.6 Å². The van der Waals surface area contributed by atoms with E-state index >= 15 is 0 Å². The molecule has 0 heterocycles. The fourth-order valence-corrected chi connectivity index (χ4v) is 2.54. The van der Waals surface area contributed by atoms with Gasteiger partial charge in [0, 0.05) is 9.99 Å². The number of aryl methyl sites for hydroxylation is 1. The van der Waals surface area contributed by atoms with Crippen molar-refractivity contribution >= 4 is 30.7 Å². The fourth-order valence-electron chi connectivity index (χ4n) is 1.23. The lowest BCUT2D eigenvalue weighted by Gasteiger charge is -2.04. The Morgan fingerprint density at radius 1 is 1.20 bits per heavy atom. The molecule has 0 nitrogen and oxygen atoms in total. The van der Waals surface area contributed by atoms with Crippen molar-refractivity contribution in [3.8, 4) is 11.5 Å². The van der Waals surface area contributed by atoms with Crippen LogP contribution in [0.1, 0.15) is 12.0 Å². The smallest absolute Gasteiger partial charge is 0.129 e. The molecule has 0 aliphatic rings. The summed E-state index contributed by atoms with van der Waals surface area (Å²) in [6.45, 7) is 6.85. The molecule has 0 aliphatic heterocycles. The molecule has 0 saturated heterocycles. The molecule has 15 heavy (non-hydrogen) atoms. The first kappa shape index (κ1) is 12.8. The SMILES string of the molecule is C[Si](C)(C)C#CCCc1ccccc1I. The van der Waals surface area contributed by atoms with Crippen molar-refractivity contribution in [1.82, 2.24) is 0 Å². The Hall–Kier alpha value is -0.273. The van der Waals surface area contributed by atoms with Crippen LogP contribution >= 0.6 is 22.6 Å². The predicted octanol–water partition coefficient (Wildman–Crippen LogP) is 4.10. The maximum absolute atomic E-state index is 3.40. The molecule has 2 heteroatoms. The number of benzene rings is 1. The lowest BCUT2D eigenvalue weighted by Crippen LogP contribution is -2.16. The minimum atomic E-state index is -1.17. The van der Waals surface area contributed by atoms with Gasteiger partial charge in [0.05, 0.1) is 0 Å². The number of hydrogen-bond donors (Lipinski definition) is 0. The quantitative estimate of drug-likeness (QED) is 0.435. The zero-order valence-electron chi connectivity index (χ0n) is 9.60. The van der Waals surface area contributed by atoms with Crippen molar-refractivity contribution in [2.24, 2.45) is 0 Å². The predicted molar refractivity (Wildman–Crippen MR) is 78.6 cm³/mol. The van der Waals surface area contributed by atoms with Crippen LogP contribution in [0.5, 0.6) is 0 Å². The first-order chi connectivity index (χ1) is 6.99. The van der Waals surface area contributed by atoms with Crippen molar-refractivity contribution in [3.63, 3.8) is 0 Å². The van der Waals surface area contributed by atoms with Crippen molar-refractivity contribution in [1.29, 1.82) is 0 Å². The van der Waals surface area contributed by atoms with Crippen LogP contribution in [0.4, 0.5) is 0 Å². The van der Waals surface area contributed by atoms with E-state index in [-0.39, 0.29) is 0 Å². The van der Waals surface area contributed by atoms with Gasteiger partial charge in [0.15, 0.2) is 0 Å². The third kappa shape index (κ3) is 5.38. The standard InChI is InChI=1S/C13H17ISi/c1-15(2,3)11-7-6-9-12-8-4-5-10-13(12)14/h4-5,8,10H,6,9H2,1-3H3. The van der Waals surface area contributed by atoms with Crippen LogP contribution in [0, 0.1) is 15.0 Å². The first-order valence-electron chi connectivity index (χ1n) is 5.22. The summed E-state index contributed by atoms with van der Waals surface area (Å²) < 4.78 is 1.35. The summed E-state index contributed by atoms with van der Waals surface area (Å²) in [7, 11) is -1.17. The van der Waals surface area contributed by atoms with Gasteiger partial charge in [-0.05, 0) is 40.6 Å². The van der Waals surface area contributed by atoms with E-state index in [0.717, 1.165) is 12.8 Å². The summed E-state index contributed by atoms with van der Waals surface area (Å²) in [5.74, 6) is 3.31. The van der Waals surface area contributed by atoms with Crippen LogP contribution in [0.15, 0.2) is 24.3 Å². The molecule has 0 amide bonds. The average Bonchev–Trinajstić information content (AvgIpc) is 2.13. The van der Waals surface area contributed by atoms with Gasteiger partial charge >= 0.3 is 0 Å². The van der Waals surface area contributed by atoms with Gasteiger partial charge < -0.3 is 0 Å². The van der Waals surface area contributed by atoms with Gasteiger partial charge in [-0.3, -0.25) is 0 Å². The van der Waals surface area contributed by atoms with Crippen molar-refractivity contribution < 1.29 is 0 Å². The molecule has 80 valence electrons. The van der Waals surface area contributed by atoms with E-state index in [1.54, 1.807) is 0 Å². The minimum Gasteiger partial charge on any atom is -0.132 e. The molecule has 1 rings (SSSR count). The molecular weight excluding hydrogens is 311 g/mol. The second-order valence-electron chi connectivity index (χ2n) is 4.64. The largest absolute Gasteiger partial charge is 0.132 e. The maximum Gasteiger partial charge on any atom is 0.129 e. The van der Waals surface area contributed by atoms with Crippen molar-refractivity contribution in [3.05, 3.63) is 33.4 Å². The van der Waals surface area contributed by atoms with Crippen LogP contribution in [-0.2, 0) is 6.42 Å². The van der Waals surface area contributed by atoms with Gasteiger partial charge in [-0.2, -0.15) is 0 Å². The molecule has 0 N–H and O–H groups in total. The highest BCUT2D eigenvalue weighted by molar-refractivity contribution is 14.1. The molecular formula is C13H17ISi. The average molecular weight is 328 g/mol. The van der Waals surface area contributed by atoms with Gasteiger partial charge in [-0.15, -0.1) is 11.5 Å². The summed E-state index contributed by atoms with van der Waals surface area (Å²) in [5, 5.41) is 0. The highest BCUT2D eigenvalue weighted by Crippen LogP contribution is 2.12. The van der Waals surface area contributed by atoms with E-state index in [2.05, 4.69) is 78.0 Å². The Morgan fingerprint density at radius 2 is 1.87 bits per heavy atom. The van der Waals surface area contributed by atoms with Crippen molar-refractivity contribution in [2.75, 3.05) is 0 Å². The molecule has 0 atom stereocenters. The summed E-state index contributed by atoms with van der Waals surface area (Å²) in [5.41, 5.74) is 4.82. The summed E-state index contributed by atoms with van der Waals surface area (Å²) in [4.78, 5) is 0. The Labute approximate surface area is 108 Å². The molecule has 0 spiro atoms. The van der Waals surface area contributed by atoms with E-state index < -0.39 is 8.07 Å². The molecule has 1 aromatic rings. The van der Waals surface area contributed by atoms with Crippen LogP contribution in [0.25, 0.3) is 0 Å². The minimum absolute atomic E-state index is 0.990. The van der Waals surface area contributed by atoms with E-state index in [9.17, 15) is 0 Å². The third-order valence-electron chi connectivity index (χ3n) is 1.94. The van der Waals surface area contributed by atoms with E-state index in [4.69, 9.17) is 0 Å². The number of hydrogen-bond acceptors (Lipinski definition) is 0. The Balaban J connectivity index is 2.51.